The SMILES string of the molecule is CCCNC(=O)CN(Cc1ccccc1)S(=O)(=O)c1c(C)cc(C)cc1C. The third-order valence-electron chi connectivity index (χ3n) is 4.30. The van der Waals surface area contributed by atoms with E-state index < -0.39 is 10.0 Å². The van der Waals surface area contributed by atoms with Crippen LogP contribution in [0.3, 0.4) is 0 Å². The molecule has 0 aliphatic rings. The molecule has 2 aromatic carbocycles. The number of amides is 1. The molecule has 0 aliphatic carbocycles. The number of nitrogens with zero attached hydrogens (tertiary/aromatic N) is 1. The van der Waals surface area contributed by atoms with Crippen LogP contribution in [0.25, 0.3) is 0 Å². The second kappa shape index (κ2) is 9.15. The summed E-state index contributed by atoms with van der Waals surface area (Å²) in [6.45, 7) is 7.96. The molecule has 1 amide bonds. The van der Waals surface area contributed by atoms with Gasteiger partial charge in [0.2, 0.25) is 15.9 Å². The minimum Gasteiger partial charge on any atom is -0.355 e. The van der Waals surface area contributed by atoms with E-state index in [-0.39, 0.29) is 23.9 Å². The first-order chi connectivity index (χ1) is 12.8. The van der Waals surface area contributed by atoms with Crippen molar-refractivity contribution in [1.82, 2.24) is 9.62 Å². The Morgan fingerprint density at radius 3 is 2.19 bits per heavy atom. The lowest BCUT2D eigenvalue weighted by Crippen LogP contribution is -2.41. The summed E-state index contributed by atoms with van der Waals surface area (Å²) in [5, 5.41) is 2.77. The van der Waals surface area contributed by atoms with Crippen molar-refractivity contribution in [2.75, 3.05) is 13.1 Å². The Bertz CT molecular complexity index is 870. The number of hydrogen-bond donors (Lipinski definition) is 1. The first-order valence-corrected chi connectivity index (χ1v) is 10.6. The molecule has 6 heteroatoms. The van der Waals surface area contributed by atoms with Gasteiger partial charge >= 0.3 is 0 Å². The minimum absolute atomic E-state index is 0.148. The summed E-state index contributed by atoms with van der Waals surface area (Å²) in [5.41, 5.74) is 3.24. The predicted molar refractivity (Wildman–Crippen MR) is 108 cm³/mol. The van der Waals surface area contributed by atoms with Gasteiger partial charge in [0.15, 0.2) is 0 Å². The van der Waals surface area contributed by atoms with Crippen molar-refractivity contribution in [2.24, 2.45) is 0 Å². The molecule has 0 saturated carbocycles. The minimum atomic E-state index is -3.82. The van der Waals surface area contributed by atoms with Crippen LogP contribution >= 0.6 is 0 Å². The number of hydrogen-bond acceptors (Lipinski definition) is 3. The van der Waals surface area contributed by atoms with E-state index in [2.05, 4.69) is 5.32 Å². The Labute approximate surface area is 162 Å². The highest BCUT2D eigenvalue weighted by atomic mass is 32.2. The van der Waals surface area contributed by atoms with E-state index in [9.17, 15) is 13.2 Å². The average Bonchev–Trinajstić information content (AvgIpc) is 2.59. The second-order valence-electron chi connectivity index (χ2n) is 6.84. The predicted octanol–water partition coefficient (Wildman–Crippen LogP) is 3.33. The maximum atomic E-state index is 13.4. The lowest BCUT2D eigenvalue weighted by molar-refractivity contribution is -0.121. The molecule has 1 N–H and O–H groups in total. The van der Waals surface area contributed by atoms with Gasteiger partial charge in [0.1, 0.15) is 0 Å². The molecule has 5 nitrogen and oxygen atoms in total. The molecule has 0 fully saturated rings. The number of rotatable bonds is 8. The Kier molecular flexibility index (Phi) is 7.16. The maximum absolute atomic E-state index is 13.4. The zero-order valence-electron chi connectivity index (χ0n) is 16.5. The molecule has 0 radical (unpaired) electrons. The quantitative estimate of drug-likeness (QED) is 0.754. The molecule has 0 heterocycles. The Hall–Kier alpha value is -2.18. The van der Waals surface area contributed by atoms with Crippen molar-refractivity contribution < 1.29 is 13.2 Å². The summed E-state index contributed by atoms with van der Waals surface area (Å²) >= 11 is 0. The van der Waals surface area contributed by atoms with Gasteiger partial charge in [0.25, 0.3) is 0 Å². The van der Waals surface area contributed by atoms with E-state index in [1.165, 1.54) is 4.31 Å². The van der Waals surface area contributed by atoms with Gasteiger partial charge in [-0.2, -0.15) is 4.31 Å². The molecular formula is C21H28N2O3S. The lowest BCUT2D eigenvalue weighted by atomic mass is 10.1. The Morgan fingerprint density at radius 2 is 1.63 bits per heavy atom. The molecule has 27 heavy (non-hydrogen) atoms. The monoisotopic (exact) mass is 388 g/mol. The third-order valence-corrected chi connectivity index (χ3v) is 6.39. The number of nitrogens with one attached hydrogen (secondary N) is 1. The highest BCUT2D eigenvalue weighted by Crippen LogP contribution is 2.26. The van der Waals surface area contributed by atoms with Crippen molar-refractivity contribution in [2.45, 2.75) is 45.6 Å². The summed E-state index contributed by atoms with van der Waals surface area (Å²) < 4.78 is 28.2. The maximum Gasteiger partial charge on any atom is 0.244 e. The topological polar surface area (TPSA) is 66.5 Å². The lowest BCUT2D eigenvalue weighted by Gasteiger charge is -2.24. The standard InChI is InChI=1S/C21H28N2O3S/c1-5-11-22-20(24)15-23(14-19-9-7-6-8-10-19)27(25,26)21-17(3)12-16(2)13-18(21)4/h6-10,12-13H,5,11,14-15H2,1-4H3,(H,22,24). The summed E-state index contributed by atoms with van der Waals surface area (Å²) in [4.78, 5) is 12.6. The normalized spacial score (nSPS) is 11.6. The molecular weight excluding hydrogens is 360 g/mol. The third kappa shape index (κ3) is 5.40. The fourth-order valence-electron chi connectivity index (χ4n) is 3.20. The van der Waals surface area contributed by atoms with Crippen LogP contribution in [0.15, 0.2) is 47.4 Å². The van der Waals surface area contributed by atoms with Crippen LogP contribution in [-0.4, -0.2) is 31.7 Å². The van der Waals surface area contributed by atoms with E-state index in [0.29, 0.717) is 17.7 Å². The summed E-state index contributed by atoms with van der Waals surface area (Å²) in [6, 6.07) is 13.0. The Balaban J connectivity index is 2.43. The first-order valence-electron chi connectivity index (χ1n) is 9.14. The number of sulfonamides is 1. The van der Waals surface area contributed by atoms with E-state index in [4.69, 9.17) is 0 Å². The van der Waals surface area contributed by atoms with Crippen LogP contribution in [0.2, 0.25) is 0 Å². The molecule has 2 rings (SSSR count). The fraction of sp³-hybridized carbons (Fsp3) is 0.381. The summed E-state index contributed by atoms with van der Waals surface area (Å²) in [5.74, 6) is -0.293. The molecule has 0 bridgehead atoms. The van der Waals surface area contributed by atoms with Crippen LogP contribution in [0.1, 0.15) is 35.6 Å². The van der Waals surface area contributed by atoms with Crippen LogP contribution in [0.5, 0.6) is 0 Å². The number of carbonyl (C=O) groups is 1. The molecule has 0 aromatic heterocycles. The van der Waals surface area contributed by atoms with Crippen LogP contribution < -0.4 is 5.32 Å². The second-order valence-corrected chi connectivity index (χ2v) is 8.71. The van der Waals surface area contributed by atoms with Gasteiger partial charge in [-0.1, -0.05) is 55.0 Å². The Morgan fingerprint density at radius 1 is 1.04 bits per heavy atom. The largest absolute Gasteiger partial charge is 0.355 e. The van der Waals surface area contributed by atoms with E-state index in [0.717, 1.165) is 17.5 Å². The van der Waals surface area contributed by atoms with Crippen molar-refractivity contribution in [3.05, 3.63) is 64.7 Å². The van der Waals surface area contributed by atoms with Crippen LogP contribution in [-0.2, 0) is 21.4 Å². The van der Waals surface area contributed by atoms with Crippen molar-refractivity contribution in [3.63, 3.8) is 0 Å². The van der Waals surface area contributed by atoms with Crippen molar-refractivity contribution in [3.8, 4) is 0 Å². The van der Waals surface area contributed by atoms with Gasteiger partial charge < -0.3 is 5.32 Å². The van der Waals surface area contributed by atoms with Crippen molar-refractivity contribution in [1.29, 1.82) is 0 Å². The highest BCUT2D eigenvalue weighted by Gasteiger charge is 2.29. The van der Waals surface area contributed by atoms with Gasteiger partial charge in [-0.3, -0.25) is 4.79 Å². The summed E-state index contributed by atoms with van der Waals surface area (Å²) in [6.07, 6.45) is 0.799. The molecule has 0 unspecified atom stereocenters. The highest BCUT2D eigenvalue weighted by molar-refractivity contribution is 7.89. The smallest absolute Gasteiger partial charge is 0.244 e. The van der Waals surface area contributed by atoms with Gasteiger partial charge in [-0.05, 0) is 43.9 Å². The van der Waals surface area contributed by atoms with Gasteiger partial charge in [-0.25, -0.2) is 8.42 Å². The number of benzene rings is 2. The van der Waals surface area contributed by atoms with Gasteiger partial charge in [0.05, 0.1) is 11.4 Å². The summed E-state index contributed by atoms with van der Waals surface area (Å²) in [7, 11) is -3.82. The molecule has 0 spiro atoms. The van der Waals surface area contributed by atoms with Crippen LogP contribution in [0.4, 0.5) is 0 Å². The molecule has 2 aromatic rings. The van der Waals surface area contributed by atoms with E-state index >= 15 is 0 Å². The van der Waals surface area contributed by atoms with Gasteiger partial charge in [0, 0.05) is 13.1 Å². The van der Waals surface area contributed by atoms with Crippen molar-refractivity contribution >= 4 is 15.9 Å². The number of aryl methyl sites for hydroxylation is 3. The molecule has 0 saturated heterocycles. The average molecular weight is 389 g/mol. The van der Waals surface area contributed by atoms with Crippen LogP contribution in [0, 0.1) is 20.8 Å². The first kappa shape index (κ1) is 21.1. The van der Waals surface area contributed by atoms with E-state index in [1.54, 1.807) is 13.8 Å². The zero-order valence-corrected chi connectivity index (χ0v) is 17.3. The van der Waals surface area contributed by atoms with E-state index in [1.807, 2.05) is 56.3 Å². The fourth-order valence-corrected chi connectivity index (χ4v) is 4.99. The number of carbonyl (C=O) groups excluding carboxylic acids is 1. The molecule has 0 aliphatic heterocycles. The van der Waals surface area contributed by atoms with Gasteiger partial charge in [-0.15, -0.1) is 0 Å². The molecule has 146 valence electrons. The molecule has 0 atom stereocenters. The zero-order chi connectivity index (χ0) is 20.0.